The maximum atomic E-state index is 12.3. The van der Waals surface area contributed by atoms with Crippen molar-refractivity contribution in [3.05, 3.63) is 33.9 Å². The summed E-state index contributed by atoms with van der Waals surface area (Å²) < 4.78 is 0. The van der Waals surface area contributed by atoms with Crippen LogP contribution in [0.1, 0.15) is 44.5 Å². The van der Waals surface area contributed by atoms with E-state index in [2.05, 4.69) is 10.6 Å². The van der Waals surface area contributed by atoms with Gasteiger partial charge in [-0.05, 0) is 31.9 Å². The molecule has 1 amide bonds. The Bertz CT molecular complexity index is 517. The molecule has 0 aliphatic heterocycles. The molecule has 2 N–H and O–H groups in total. The molecule has 1 aromatic carbocycles. The van der Waals surface area contributed by atoms with E-state index in [1.54, 1.807) is 6.07 Å². The predicted octanol–water partition coefficient (Wildman–Crippen LogP) is 3.19. The van der Waals surface area contributed by atoms with E-state index in [1.807, 2.05) is 27.7 Å². The highest BCUT2D eigenvalue weighted by Crippen LogP contribution is 2.23. The van der Waals surface area contributed by atoms with Gasteiger partial charge in [-0.25, -0.2) is 0 Å². The van der Waals surface area contributed by atoms with Crippen molar-refractivity contribution in [2.24, 2.45) is 5.92 Å². The van der Waals surface area contributed by atoms with Gasteiger partial charge in [0, 0.05) is 24.3 Å². The predicted molar refractivity (Wildman–Crippen MR) is 83.6 cm³/mol. The summed E-state index contributed by atoms with van der Waals surface area (Å²) >= 11 is 0. The molecule has 0 aliphatic carbocycles. The van der Waals surface area contributed by atoms with Crippen molar-refractivity contribution in [3.63, 3.8) is 0 Å². The molecule has 6 heteroatoms. The Morgan fingerprint density at radius 1 is 1.33 bits per heavy atom. The maximum Gasteiger partial charge on any atom is 0.282 e. The molecular weight excluding hydrogens is 270 g/mol. The zero-order valence-electron chi connectivity index (χ0n) is 13.0. The van der Waals surface area contributed by atoms with Crippen LogP contribution >= 0.6 is 0 Å². The number of hydrogen-bond donors (Lipinski definition) is 2. The van der Waals surface area contributed by atoms with Gasteiger partial charge in [-0.2, -0.15) is 0 Å². The Hall–Kier alpha value is -2.11. The molecule has 21 heavy (non-hydrogen) atoms. The van der Waals surface area contributed by atoms with Gasteiger partial charge in [-0.3, -0.25) is 14.9 Å². The van der Waals surface area contributed by atoms with Gasteiger partial charge in [0.1, 0.15) is 5.56 Å². The fourth-order valence-electron chi connectivity index (χ4n) is 1.97. The average Bonchev–Trinajstić information content (AvgIpc) is 2.46. The van der Waals surface area contributed by atoms with E-state index in [1.165, 1.54) is 12.1 Å². The lowest BCUT2D eigenvalue weighted by Gasteiger charge is -2.20. The molecule has 0 aromatic heterocycles. The number of nitro benzene ring substituents is 1. The van der Waals surface area contributed by atoms with E-state index >= 15 is 0 Å². The number of amides is 1. The second-order valence-electron chi connectivity index (χ2n) is 5.17. The minimum atomic E-state index is -0.529. The van der Waals surface area contributed by atoms with Crippen LogP contribution < -0.4 is 10.6 Å². The third-order valence-electron chi connectivity index (χ3n) is 3.68. The topological polar surface area (TPSA) is 84.3 Å². The minimum absolute atomic E-state index is 0.0371. The highest BCUT2D eigenvalue weighted by molar-refractivity contribution is 5.99. The number of anilines is 1. The molecule has 116 valence electrons. The van der Waals surface area contributed by atoms with Gasteiger partial charge in [-0.15, -0.1) is 0 Å². The van der Waals surface area contributed by atoms with Crippen molar-refractivity contribution in [3.8, 4) is 0 Å². The summed E-state index contributed by atoms with van der Waals surface area (Å²) in [5.74, 6) is -0.0980. The van der Waals surface area contributed by atoms with Crippen LogP contribution in [0.2, 0.25) is 0 Å². The molecule has 0 saturated heterocycles. The van der Waals surface area contributed by atoms with Gasteiger partial charge in [0.05, 0.1) is 4.92 Å². The van der Waals surface area contributed by atoms with E-state index < -0.39 is 10.8 Å². The summed E-state index contributed by atoms with van der Waals surface area (Å²) in [6.07, 6.45) is 0.932. The number of rotatable bonds is 7. The van der Waals surface area contributed by atoms with Gasteiger partial charge in [-0.1, -0.05) is 20.3 Å². The Kier molecular flexibility index (Phi) is 6.14. The zero-order valence-corrected chi connectivity index (χ0v) is 13.0. The normalized spacial score (nSPS) is 13.3. The Balaban J connectivity index is 3.04. The third kappa shape index (κ3) is 4.44. The molecule has 0 fully saturated rings. The Morgan fingerprint density at radius 3 is 2.52 bits per heavy atom. The lowest BCUT2D eigenvalue weighted by atomic mass is 10.0. The van der Waals surface area contributed by atoms with Crippen molar-refractivity contribution < 1.29 is 9.72 Å². The van der Waals surface area contributed by atoms with Crippen molar-refractivity contribution in [2.75, 3.05) is 11.9 Å². The quantitative estimate of drug-likeness (QED) is 0.597. The van der Waals surface area contributed by atoms with Crippen LogP contribution in [0, 0.1) is 16.0 Å². The fraction of sp³-hybridized carbons (Fsp3) is 0.533. The molecule has 0 saturated carbocycles. The first-order valence-electron chi connectivity index (χ1n) is 7.23. The SMILES string of the molecule is CCNc1ccc([N+](=O)[O-])c(C(=O)NC(C)C(C)CC)c1. The van der Waals surface area contributed by atoms with Gasteiger partial charge in [0.25, 0.3) is 11.6 Å². The lowest BCUT2D eigenvalue weighted by Crippen LogP contribution is -2.37. The summed E-state index contributed by atoms with van der Waals surface area (Å²) in [4.78, 5) is 22.9. The Labute approximate surface area is 125 Å². The summed E-state index contributed by atoms with van der Waals surface area (Å²) in [6, 6.07) is 4.46. The van der Waals surface area contributed by atoms with Crippen molar-refractivity contribution in [1.29, 1.82) is 0 Å². The van der Waals surface area contributed by atoms with Crippen LogP contribution in [0.4, 0.5) is 11.4 Å². The second kappa shape index (κ2) is 7.61. The van der Waals surface area contributed by atoms with Crippen molar-refractivity contribution in [2.45, 2.75) is 40.2 Å². The highest BCUT2D eigenvalue weighted by atomic mass is 16.6. The maximum absolute atomic E-state index is 12.3. The smallest absolute Gasteiger partial charge is 0.282 e. The zero-order chi connectivity index (χ0) is 16.0. The van der Waals surface area contributed by atoms with E-state index in [0.717, 1.165) is 6.42 Å². The lowest BCUT2D eigenvalue weighted by molar-refractivity contribution is -0.385. The van der Waals surface area contributed by atoms with Crippen LogP contribution in [-0.4, -0.2) is 23.4 Å². The standard InChI is InChI=1S/C15H23N3O3/c1-5-10(3)11(4)17-15(19)13-9-12(16-6-2)7-8-14(13)18(20)21/h7-11,16H,5-6H2,1-4H3,(H,17,19). The van der Waals surface area contributed by atoms with Gasteiger partial charge >= 0.3 is 0 Å². The molecule has 0 bridgehead atoms. The largest absolute Gasteiger partial charge is 0.385 e. The van der Waals surface area contributed by atoms with Crippen LogP contribution in [-0.2, 0) is 0 Å². The van der Waals surface area contributed by atoms with E-state index in [0.29, 0.717) is 18.2 Å². The van der Waals surface area contributed by atoms with Crippen LogP contribution in [0.3, 0.4) is 0 Å². The number of carbonyl (C=O) groups is 1. The summed E-state index contributed by atoms with van der Waals surface area (Å²) in [5.41, 5.74) is 0.614. The van der Waals surface area contributed by atoms with Crippen LogP contribution in [0.15, 0.2) is 18.2 Å². The fourth-order valence-corrected chi connectivity index (χ4v) is 1.97. The number of carbonyl (C=O) groups excluding carboxylic acids is 1. The number of benzene rings is 1. The number of nitrogens with one attached hydrogen (secondary N) is 2. The molecule has 0 heterocycles. The molecule has 2 unspecified atom stereocenters. The van der Waals surface area contributed by atoms with Crippen LogP contribution in [0.25, 0.3) is 0 Å². The molecule has 0 radical (unpaired) electrons. The van der Waals surface area contributed by atoms with Crippen molar-refractivity contribution in [1.82, 2.24) is 5.32 Å². The number of nitro groups is 1. The second-order valence-corrected chi connectivity index (χ2v) is 5.17. The first-order chi connectivity index (χ1) is 9.90. The van der Waals surface area contributed by atoms with E-state index in [-0.39, 0.29) is 17.3 Å². The monoisotopic (exact) mass is 293 g/mol. The molecule has 2 atom stereocenters. The first-order valence-corrected chi connectivity index (χ1v) is 7.23. The first kappa shape index (κ1) is 16.9. The molecular formula is C15H23N3O3. The van der Waals surface area contributed by atoms with Gasteiger partial charge in [0.2, 0.25) is 0 Å². The van der Waals surface area contributed by atoms with Crippen LogP contribution in [0.5, 0.6) is 0 Å². The van der Waals surface area contributed by atoms with E-state index in [4.69, 9.17) is 0 Å². The summed E-state index contributed by atoms with van der Waals surface area (Å²) in [5, 5.41) is 17.0. The Morgan fingerprint density at radius 2 is 2.00 bits per heavy atom. The molecule has 1 rings (SSSR count). The van der Waals surface area contributed by atoms with Crippen molar-refractivity contribution >= 4 is 17.3 Å². The number of hydrogen-bond acceptors (Lipinski definition) is 4. The highest BCUT2D eigenvalue weighted by Gasteiger charge is 2.23. The third-order valence-corrected chi connectivity index (χ3v) is 3.68. The average molecular weight is 293 g/mol. The van der Waals surface area contributed by atoms with E-state index in [9.17, 15) is 14.9 Å². The number of nitrogens with zero attached hydrogens (tertiary/aromatic N) is 1. The molecule has 0 aliphatic rings. The summed E-state index contributed by atoms with van der Waals surface area (Å²) in [7, 11) is 0. The van der Waals surface area contributed by atoms with Gasteiger partial charge in [0.15, 0.2) is 0 Å². The molecule has 0 spiro atoms. The summed E-state index contributed by atoms with van der Waals surface area (Å²) in [6.45, 7) is 8.59. The van der Waals surface area contributed by atoms with Gasteiger partial charge < -0.3 is 10.6 Å². The molecule has 1 aromatic rings. The minimum Gasteiger partial charge on any atom is -0.385 e. The molecule has 6 nitrogen and oxygen atoms in total.